The fraction of sp³-hybridized carbons (Fsp3) is 0.269. The van der Waals surface area contributed by atoms with E-state index in [1.807, 2.05) is 67.4 Å². The topological polar surface area (TPSA) is 63.5 Å². The Hall–Kier alpha value is -3.87. The van der Waals surface area contributed by atoms with Gasteiger partial charge in [-0.05, 0) is 30.7 Å². The number of aryl methyl sites for hydroxylation is 2. The lowest BCUT2D eigenvalue weighted by molar-refractivity contribution is -0.130. The number of rotatable bonds is 5. The number of carbonyl (C=O) groups excluding carboxylic acids is 1. The van der Waals surface area contributed by atoms with Crippen LogP contribution in [0.1, 0.15) is 11.4 Å². The number of piperazine rings is 1. The van der Waals surface area contributed by atoms with Gasteiger partial charge < -0.3 is 19.1 Å². The number of benzene rings is 2. The van der Waals surface area contributed by atoms with Gasteiger partial charge in [0.15, 0.2) is 0 Å². The zero-order chi connectivity index (χ0) is 22.8. The number of para-hydroxylation sites is 2. The highest BCUT2D eigenvalue weighted by Gasteiger charge is 2.23. The summed E-state index contributed by atoms with van der Waals surface area (Å²) in [6.45, 7) is 4.65. The van der Waals surface area contributed by atoms with Crippen molar-refractivity contribution in [1.29, 1.82) is 0 Å². The molecule has 0 spiro atoms. The van der Waals surface area contributed by atoms with Crippen LogP contribution in [0.3, 0.4) is 0 Å². The van der Waals surface area contributed by atoms with E-state index in [0.29, 0.717) is 31.2 Å². The van der Waals surface area contributed by atoms with Crippen molar-refractivity contribution in [1.82, 2.24) is 19.4 Å². The molecule has 1 aliphatic heterocycles. The zero-order valence-electron chi connectivity index (χ0n) is 18.9. The van der Waals surface area contributed by atoms with Crippen LogP contribution in [0.25, 0.3) is 10.9 Å². The number of fused-ring (bicyclic) bond motifs is 1. The van der Waals surface area contributed by atoms with Crippen molar-refractivity contribution >= 4 is 22.6 Å². The summed E-state index contributed by atoms with van der Waals surface area (Å²) in [5.74, 6) is 2.92. The fourth-order valence-corrected chi connectivity index (χ4v) is 4.37. The summed E-state index contributed by atoms with van der Waals surface area (Å²) in [6, 6.07) is 19.7. The van der Waals surface area contributed by atoms with Gasteiger partial charge in [-0.15, -0.1) is 0 Å². The molecule has 0 unspecified atom stereocenters. The van der Waals surface area contributed by atoms with Crippen molar-refractivity contribution in [3.63, 3.8) is 0 Å². The molecule has 7 nitrogen and oxygen atoms in total. The maximum atomic E-state index is 13.0. The Morgan fingerprint density at radius 3 is 2.48 bits per heavy atom. The average Bonchev–Trinajstić information content (AvgIpc) is 3.15. The van der Waals surface area contributed by atoms with Gasteiger partial charge >= 0.3 is 0 Å². The molecule has 1 aliphatic rings. The van der Waals surface area contributed by atoms with Crippen LogP contribution < -0.4 is 9.64 Å². The van der Waals surface area contributed by atoms with Crippen molar-refractivity contribution < 1.29 is 9.53 Å². The van der Waals surface area contributed by atoms with Crippen molar-refractivity contribution in [2.75, 3.05) is 31.1 Å². The second-order valence-electron chi connectivity index (χ2n) is 8.35. The number of hydrogen-bond acceptors (Lipinski definition) is 5. The van der Waals surface area contributed by atoms with Gasteiger partial charge in [-0.25, -0.2) is 4.98 Å². The summed E-state index contributed by atoms with van der Waals surface area (Å²) in [4.78, 5) is 26.2. The number of nitrogens with zero attached hydrogens (tertiary/aromatic N) is 5. The smallest absolute Gasteiger partial charge is 0.227 e. The number of amides is 1. The van der Waals surface area contributed by atoms with Crippen molar-refractivity contribution in [2.24, 2.45) is 7.05 Å². The summed E-state index contributed by atoms with van der Waals surface area (Å²) in [5, 5.41) is 1.15. The van der Waals surface area contributed by atoms with E-state index in [9.17, 15) is 4.79 Å². The molecule has 1 fully saturated rings. The highest BCUT2D eigenvalue weighted by molar-refractivity contribution is 5.89. The molecule has 3 heterocycles. The van der Waals surface area contributed by atoms with Crippen LogP contribution >= 0.6 is 0 Å². The van der Waals surface area contributed by atoms with Gasteiger partial charge in [0.1, 0.15) is 17.4 Å². The lowest BCUT2D eigenvalue weighted by atomic mass is 10.1. The lowest BCUT2D eigenvalue weighted by Gasteiger charge is -2.35. The summed E-state index contributed by atoms with van der Waals surface area (Å²) < 4.78 is 7.99. The third kappa shape index (κ3) is 4.53. The average molecular weight is 442 g/mol. The highest BCUT2D eigenvalue weighted by atomic mass is 16.5. The Morgan fingerprint density at radius 2 is 1.70 bits per heavy atom. The predicted octanol–water partition coefficient (Wildman–Crippen LogP) is 3.96. The molecule has 5 rings (SSSR count). The zero-order valence-corrected chi connectivity index (χ0v) is 18.9. The molecule has 2 aromatic heterocycles. The molecule has 1 saturated heterocycles. The maximum absolute atomic E-state index is 13.0. The standard InChI is InChI=1S/C26H27N5O2/c1-19-27-24(17-25(28-19)33-21-8-4-3-5-9-21)30-12-14-31(15-13-30)26(32)16-20-18-29(2)23-11-7-6-10-22(20)23/h3-11,17-18H,12-16H2,1-2H3. The molecular weight excluding hydrogens is 414 g/mol. The molecule has 4 aromatic rings. The van der Waals surface area contributed by atoms with Gasteiger partial charge in [0.05, 0.1) is 6.42 Å². The Labute approximate surface area is 193 Å². The van der Waals surface area contributed by atoms with Crippen LogP contribution in [0.15, 0.2) is 66.9 Å². The van der Waals surface area contributed by atoms with Crippen molar-refractivity contribution in [2.45, 2.75) is 13.3 Å². The minimum Gasteiger partial charge on any atom is -0.439 e. The second-order valence-corrected chi connectivity index (χ2v) is 8.35. The molecule has 0 saturated carbocycles. The van der Waals surface area contributed by atoms with Gasteiger partial charge in [-0.3, -0.25) is 4.79 Å². The normalized spacial score (nSPS) is 14.0. The first-order valence-electron chi connectivity index (χ1n) is 11.2. The molecule has 0 N–H and O–H groups in total. The van der Waals surface area contributed by atoms with Crippen LogP contribution in [0.2, 0.25) is 0 Å². The maximum Gasteiger partial charge on any atom is 0.227 e. The molecule has 0 bridgehead atoms. The molecule has 2 aromatic carbocycles. The van der Waals surface area contributed by atoms with E-state index < -0.39 is 0 Å². The van der Waals surface area contributed by atoms with Crippen molar-refractivity contribution in [3.05, 3.63) is 78.2 Å². The molecular formula is C26H27N5O2. The molecule has 0 radical (unpaired) electrons. The summed E-state index contributed by atoms with van der Waals surface area (Å²) in [6.07, 6.45) is 2.49. The van der Waals surface area contributed by atoms with Gasteiger partial charge in [-0.1, -0.05) is 36.4 Å². The summed E-state index contributed by atoms with van der Waals surface area (Å²) in [7, 11) is 2.02. The third-order valence-electron chi connectivity index (χ3n) is 6.04. The lowest BCUT2D eigenvalue weighted by Crippen LogP contribution is -2.49. The Kier molecular flexibility index (Phi) is 5.69. The second kappa shape index (κ2) is 8.94. The number of aromatic nitrogens is 3. The summed E-state index contributed by atoms with van der Waals surface area (Å²) in [5.41, 5.74) is 2.23. The van der Waals surface area contributed by atoms with E-state index in [-0.39, 0.29) is 5.91 Å². The molecule has 168 valence electrons. The van der Waals surface area contributed by atoms with E-state index in [2.05, 4.69) is 37.8 Å². The van der Waals surface area contributed by atoms with Crippen LogP contribution in [-0.4, -0.2) is 51.5 Å². The number of ether oxygens (including phenoxy) is 1. The predicted molar refractivity (Wildman–Crippen MR) is 129 cm³/mol. The largest absolute Gasteiger partial charge is 0.439 e. The van der Waals surface area contributed by atoms with E-state index in [1.165, 1.54) is 0 Å². The SMILES string of the molecule is Cc1nc(Oc2ccccc2)cc(N2CCN(C(=O)Cc3cn(C)c4ccccc34)CC2)n1. The Balaban J connectivity index is 1.24. The Morgan fingerprint density at radius 1 is 0.970 bits per heavy atom. The first kappa shape index (κ1) is 21.0. The van der Waals surface area contributed by atoms with E-state index in [1.54, 1.807) is 0 Å². The number of anilines is 1. The van der Waals surface area contributed by atoms with E-state index >= 15 is 0 Å². The van der Waals surface area contributed by atoms with Gasteiger partial charge in [0.2, 0.25) is 11.8 Å². The Bertz CT molecular complexity index is 1280. The number of carbonyl (C=O) groups is 1. The molecule has 0 atom stereocenters. The van der Waals surface area contributed by atoms with Gasteiger partial charge in [0.25, 0.3) is 0 Å². The minimum absolute atomic E-state index is 0.165. The third-order valence-corrected chi connectivity index (χ3v) is 6.04. The molecule has 1 amide bonds. The first-order valence-corrected chi connectivity index (χ1v) is 11.2. The highest BCUT2D eigenvalue weighted by Crippen LogP contribution is 2.25. The van der Waals surface area contributed by atoms with Crippen LogP contribution in [0.4, 0.5) is 5.82 Å². The molecule has 0 aliphatic carbocycles. The van der Waals surface area contributed by atoms with Gasteiger partial charge in [-0.2, -0.15) is 4.98 Å². The van der Waals surface area contributed by atoms with Crippen LogP contribution in [0, 0.1) is 6.92 Å². The quantitative estimate of drug-likeness (QED) is 0.469. The molecule has 7 heteroatoms. The monoisotopic (exact) mass is 441 g/mol. The summed E-state index contributed by atoms with van der Waals surface area (Å²) >= 11 is 0. The van der Waals surface area contributed by atoms with Gasteiger partial charge in [0, 0.05) is 56.4 Å². The fourth-order valence-electron chi connectivity index (χ4n) is 4.37. The van der Waals surface area contributed by atoms with E-state index in [4.69, 9.17) is 4.74 Å². The minimum atomic E-state index is 0.165. The molecule has 33 heavy (non-hydrogen) atoms. The van der Waals surface area contributed by atoms with Crippen LogP contribution in [0.5, 0.6) is 11.6 Å². The van der Waals surface area contributed by atoms with Crippen molar-refractivity contribution in [3.8, 4) is 11.6 Å². The van der Waals surface area contributed by atoms with Crippen LogP contribution in [-0.2, 0) is 18.3 Å². The van der Waals surface area contributed by atoms with E-state index in [0.717, 1.165) is 41.1 Å². The number of hydrogen-bond donors (Lipinski definition) is 0. The first-order chi connectivity index (χ1) is 16.1.